The second-order valence-corrected chi connectivity index (χ2v) is 8.32. The number of amides is 3. The van der Waals surface area contributed by atoms with Crippen molar-refractivity contribution < 1.29 is 23.2 Å². The molecule has 188 valence electrons. The minimum Gasteiger partial charge on any atom is -0.494 e. The van der Waals surface area contributed by atoms with Crippen molar-refractivity contribution in [2.24, 2.45) is 7.05 Å². The van der Waals surface area contributed by atoms with E-state index in [4.69, 9.17) is 13.6 Å². The van der Waals surface area contributed by atoms with Gasteiger partial charge < -0.3 is 25.0 Å². The average molecular weight is 497 g/mol. The number of carbonyl (C=O) groups excluding carboxylic acids is 2. The number of hydrogen-bond donors (Lipinski definition) is 2. The molecule has 2 aliphatic heterocycles. The van der Waals surface area contributed by atoms with Gasteiger partial charge in [-0.1, -0.05) is 6.07 Å². The molecule has 13 heteroatoms. The number of benzene rings is 1. The number of nitrogens with one attached hydrogen (secondary N) is 2. The fourth-order valence-electron chi connectivity index (χ4n) is 4.35. The van der Waals surface area contributed by atoms with Crippen LogP contribution in [0.2, 0.25) is 0 Å². The number of urea groups is 1. The Kier molecular flexibility index (Phi) is 5.43. The van der Waals surface area contributed by atoms with Gasteiger partial charge in [0.15, 0.2) is 23.1 Å². The van der Waals surface area contributed by atoms with E-state index in [0.717, 1.165) is 6.42 Å². The number of methoxy groups -OCH3 is 1. The fraction of sp³-hybridized carbons (Fsp3) is 0.391. The highest BCUT2D eigenvalue weighted by atomic mass is 16.5. The first kappa shape index (κ1) is 20.0. The lowest BCUT2D eigenvalue weighted by molar-refractivity contribution is 0.0958. The molecule has 2 N–H and O–H groups in total. The number of rotatable bonds is 7. The molecule has 4 heterocycles. The van der Waals surface area contributed by atoms with Crippen LogP contribution in [0, 0.1) is 0 Å². The molecule has 2 aromatic heterocycles. The topological polar surface area (TPSA) is 140 Å². The SMILES string of the molecule is [2H]C([2H])([2H])NC(=O)c1nnc(N2CCN(C3CCOC3)C2=O)cc1Nc1cccc(-c2ncn(C)n2)c1OC. The predicted octanol–water partition coefficient (Wildman–Crippen LogP) is 1.41. The zero-order chi connectivity index (χ0) is 27.7. The largest absolute Gasteiger partial charge is 0.494 e. The normalized spacial score (nSPS) is 19.1. The maximum Gasteiger partial charge on any atom is 0.326 e. The molecule has 3 aromatic rings. The molecule has 13 nitrogen and oxygen atoms in total. The minimum atomic E-state index is -2.74. The smallest absolute Gasteiger partial charge is 0.326 e. The second kappa shape index (κ2) is 9.77. The molecule has 1 aromatic carbocycles. The summed E-state index contributed by atoms with van der Waals surface area (Å²) in [5.41, 5.74) is 0.873. The van der Waals surface area contributed by atoms with Crippen LogP contribution in [0.4, 0.5) is 22.0 Å². The molecule has 2 aliphatic rings. The Hall–Kier alpha value is -4.26. The molecule has 5 rings (SSSR count). The molecular weight excluding hydrogens is 466 g/mol. The van der Waals surface area contributed by atoms with Gasteiger partial charge in [-0.3, -0.25) is 14.4 Å². The summed E-state index contributed by atoms with van der Waals surface area (Å²) in [5, 5.41) is 17.5. The van der Waals surface area contributed by atoms with E-state index in [2.05, 4.69) is 25.6 Å². The lowest BCUT2D eigenvalue weighted by atomic mass is 10.1. The molecule has 0 saturated carbocycles. The summed E-state index contributed by atoms with van der Waals surface area (Å²) in [7, 11) is 3.22. The van der Waals surface area contributed by atoms with Crippen LogP contribution in [0.25, 0.3) is 11.4 Å². The Morgan fingerprint density at radius 1 is 1.28 bits per heavy atom. The van der Waals surface area contributed by atoms with E-state index in [9.17, 15) is 9.59 Å². The molecule has 36 heavy (non-hydrogen) atoms. The van der Waals surface area contributed by atoms with Crippen LogP contribution in [-0.4, -0.2) is 88.2 Å². The third kappa shape index (κ3) is 4.28. The van der Waals surface area contributed by atoms with Crippen LogP contribution < -0.4 is 20.3 Å². The van der Waals surface area contributed by atoms with Crippen molar-refractivity contribution in [3.05, 3.63) is 36.3 Å². The van der Waals surface area contributed by atoms with Crippen molar-refractivity contribution in [2.45, 2.75) is 12.5 Å². The quantitative estimate of drug-likeness (QED) is 0.497. The summed E-state index contributed by atoms with van der Waals surface area (Å²) >= 11 is 0. The lowest BCUT2D eigenvalue weighted by Crippen LogP contribution is -2.40. The summed E-state index contributed by atoms with van der Waals surface area (Å²) in [6.45, 7) is -0.802. The standard InChI is InChI=1S/C23H27N9O4/c1-24-22(33)19-17(26-16-6-4-5-15(20(16)35-3)21-25-13-30(2)29-21)11-18(27-28-19)32-9-8-31(23(32)34)14-7-10-36-12-14/h4-6,11,13-14H,7-10,12H2,1-3H3,(H,24,33)(H,26,27)/i1D3. The fourth-order valence-corrected chi connectivity index (χ4v) is 4.35. The number of para-hydroxylation sites is 1. The first-order valence-electron chi connectivity index (χ1n) is 12.8. The van der Waals surface area contributed by atoms with Gasteiger partial charge in [0.1, 0.15) is 6.33 Å². The van der Waals surface area contributed by atoms with Gasteiger partial charge in [0, 0.05) is 43.9 Å². The van der Waals surface area contributed by atoms with E-state index in [-0.39, 0.29) is 29.3 Å². The molecule has 2 fully saturated rings. The highest BCUT2D eigenvalue weighted by molar-refractivity contribution is 6.00. The zero-order valence-electron chi connectivity index (χ0n) is 22.8. The van der Waals surface area contributed by atoms with Crippen LogP contribution in [0.3, 0.4) is 0 Å². The summed E-state index contributed by atoms with van der Waals surface area (Å²) in [6, 6.07) is 6.47. The number of hydrogen-bond acceptors (Lipinski definition) is 9. The van der Waals surface area contributed by atoms with E-state index >= 15 is 0 Å². The minimum absolute atomic E-state index is 0.00963. The maximum absolute atomic E-state index is 13.2. The molecule has 0 bridgehead atoms. The Labute approximate surface area is 211 Å². The third-order valence-electron chi connectivity index (χ3n) is 6.10. The summed E-state index contributed by atoms with van der Waals surface area (Å²) < 4.78 is 34.9. The highest BCUT2D eigenvalue weighted by Crippen LogP contribution is 2.37. The van der Waals surface area contributed by atoms with E-state index in [1.54, 1.807) is 41.2 Å². The van der Waals surface area contributed by atoms with Gasteiger partial charge in [-0.05, 0) is 18.6 Å². The number of carbonyl (C=O) groups is 2. The molecule has 0 radical (unpaired) electrons. The van der Waals surface area contributed by atoms with E-state index in [1.165, 1.54) is 18.1 Å². The maximum atomic E-state index is 13.2. The molecule has 3 amide bonds. The number of nitrogens with zero attached hydrogens (tertiary/aromatic N) is 7. The number of ether oxygens (including phenoxy) is 2. The Bertz CT molecular complexity index is 1390. The van der Waals surface area contributed by atoms with Gasteiger partial charge in [-0.15, -0.1) is 10.2 Å². The van der Waals surface area contributed by atoms with Crippen molar-refractivity contribution >= 4 is 29.1 Å². The molecule has 2 saturated heterocycles. The number of aromatic nitrogens is 5. The molecule has 1 atom stereocenters. The Morgan fingerprint density at radius 2 is 2.17 bits per heavy atom. The average Bonchev–Trinajstić information content (AvgIpc) is 3.64. The predicted molar refractivity (Wildman–Crippen MR) is 130 cm³/mol. The van der Waals surface area contributed by atoms with Crippen LogP contribution in [0.15, 0.2) is 30.6 Å². The van der Waals surface area contributed by atoms with Crippen molar-refractivity contribution in [1.82, 2.24) is 35.2 Å². The first-order chi connectivity index (χ1) is 18.6. The molecular formula is C23H27N9O4. The zero-order valence-corrected chi connectivity index (χ0v) is 19.8. The van der Waals surface area contributed by atoms with Crippen LogP contribution in [-0.2, 0) is 11.8 Å². The van der Waals surface area contributed by atoms with Crippen molar-refractivity contribution in [3.63, 3.8) is 0 Å². The van der Waals surface area contributed by atoms with Gasteiger partial charge >= 0.3 is 6.03 Å². The molecule has 0 aliphatic carbocycles. The van der Waals surface area contributed by atoms with Gasteiger partial charge in [0.05, 0.1) is 36.7 Å². The van der Waals surface area contributed by atoms with Gasteiger partial charge in [-0.2, -0.15) is 5.10 Å². The second-order valence-electron chi connectivity index (χ2n) is 8.32. The van der Waals surface area contributed by atoms with Gasteiger partial charge in [0.25, 0.3) is 5.91 Å². The van der Waals surface area contributed by atoms with Crippen LogP contribution in [0.1, 0.15) is 21.0 Å². The van der Waals surface area contributed by atoms with E-state index in [0.29, 0.717) is 49.1 Å². The first-order valence-corrected chi connectivity index (χ1v) is 11.3. The van der Waals surface area contributed by atoms with Crippen LogP contribution in [0.5, 0.6) is 5.75 Å². The van der Waals surface area contributed by atoms with Gasteiger partial charge in [0.2, 0.25) is 0 Å². The third-order valence-corrected chi connectivity index (χ3v) is 6.10. The van der Waals surface area contributed by atoms with E-state index < -0.39 is 12.9 Å². The monoisotopic (exact) mass is 496 g/mol. The highest BCUT2D eigenvalue weighted by Gasteiger charge is 2.37. The van der Waals surface area contributed by atoms with Gasteiger partial charge in [-0.25, -0.2) is 9.78 Å². The van der Waals surface area contributed by atoms with Crippen molar-refractivity contribution in [3.8, 4) is 17.1 Å². The lowest BCUT2D eigenvalue weighted by Gasteiger charge is -2.23. The Balaban J connectivity index is 1.51. The molecule has 1 unspecified atom stereocenters. The van der Waals surface area contributed by atoms with Crippen molar-refractivity contribution in [2.75, 3.05) is 50.6 Å². The summed E-state index contributed by atoms with van der Waals surface area (Å²) in [4.78, 5) is 33.5. The van der Waals surface area contributed by atoms with Crippen molar-refractivity contribution in [1.29, 1.82) is 0 Å². The summed E-state index contributed by atoms with van der Waals surface area (Å²) in [6.07, 6.45) is 2.31. The summed E-state index contributed by atoms with van der Waals surface area (Å²) in [5.74, 6) is 0.0471. The Morgan fingerprint density at radius 3 is 2.89 bits per heavy atom. The van der Waals surface area contributed by atoms with Crippen LogP contribution >= 0.6 is 0 Å². The van der Waals surface area contributed by atoms with E-state index in [1.807, 2.05) is 5.32 Å². The number of anilines is 3. The number of aryl methyl sites for hydroxylation is 1. The molecule has 0 spiro atoms.